The van der Waals surface area contributed by atoms with E-state index in [1.165, 1.54) is 12.4 Å². The first-order valence-corrected chi connectivity index (χ1v) is 5.37. The highest BCUT2D eigenvalue weighted by molar-refractivity contribution is 5.92. The van der Waals surface area contributed by atoms with Crippen LogP contribution in [0.4, 0.5) is 0 Å². The molecule has 0 atom stereocenters. The second-order valence-electron chi connectivity index (χ2n) is 3.89. The monoisotopic (exact) mass is 244 g/mol. The standard InChI is InChI=1S/C12H12N4O2/c1-6-7(2)16-9(8(3)15-6)10-11(12(17)18)14-5-4-13-10/h4-5H,1-3H3,(H,17,18). The zero-order valence-electron chi connectivity index (χ0n) is 10.3. The fourth-order valence-electron chi connectivity index (χ4n) is 1.61. The van der Waals surface area contributed by atoms with Gasteiger partial charge in [-0.05, 0) is 20.8 Å². The summed E-state index contributed by atoms with van der Waals surface area (Å²) in [6.07, 6.45) is 2.79. The number of carboxylic acid groups (broad SMARTS) is 1. The first-order chi connectivity index (χ1) is 8.50. The van der Waals surface area contributed by atoms with E-state index in [0.29, 0.717) is 11.4 Å². The van der Waals surface area contributed by atoms with Crippen LogP contribution in [0.15, 0.2) is 12.4 Å². The van der Waals surface area contributed by atoms with Gasteiger partial charge in [-0.15, -0.1) is 0 Å². The van der Waals surface area contributed by atoms with Crippen molar-refractivity contribution < 1.29 is 9.90 Å². The fourth-order valence-corrected chi connectivity index (χ4v) is 1.61. The number of aromatic nitrogens is 4. The third-order valence-corrected chi connectivity index (χ3v) is 2.61. The van der Waals surface area contributed by atoms with Crippen LogP contribution in [0.25, 0.3) is 11.4 Å². The van der Waals surface area contributed by atoms with E-state index in [0.717, 1.165) is 11.4 Å². The fraction of sp³-hybridized carbons (Fsp3) is 0.250. The Bertz CT molecular complexity index is 625. The van der Waals surface area contributed by atoms with E-state index in [4.69, 9.17) is 5.11 Å². The highest BCUT2D eigenvalue weighted by Gasteiger charge is 2.18. The first-order valence-electron chi connectivity index (χ1n) is 5.37. The molecule has 0 aromatic carbocycles. The molecule has 0 aliphatic rings. The second kappa shape index (κ2) is 4.48. The predicted octanol–water partition coefficient (Wildman–Crippen LogP) is 1.56. The minimum absolute atomic E-state index is 0.113. The summed E-state index contributed by atoms with van der Waals surface area (Å²) in [5.74, 6) is -1.13. The minimum atomic E-state index is -1.13. The summed E-state index contributed by atoms with van der Waals surface area (Å²) in [4.78, 5) is 27.7. The molecule has 2 heterocycles. The quantitative estimate of drug-likeness (QED) is 0.862. The van der Waals surface area contributed by atoms with Gasteiger partial charge in [0, 0.05) is 12.4 Å². The van der Waals surface area contributed by atoms with E-state index >= 15 is 0 Å². The van der Waals surface area contributed by atoms with Gasteiger partial charge >= 0.3 is 5.97 Å². The van der Waals surface area contributed by atoms with Crippen LogP contribution in [0.1, 0.15) is 27.6 Å². The Hall–Kier alpha value is -2.37. The molecule has 1 N–H and O–H groups in total. The van der Waals surface area contributed by atoms with E-state index in [2.05, 4.69) is 19.9 Å². The maximum absolute atomic E-state index is 11.1. The van der Waals surface area contributed by atoms with Crippen molar-refractivity contribution in [3.05, 3.63) is 35.2 Å². The largest absolute Gasteiger partial charge is 0.476 e. The number of carboxylic acids is 1. The molecule has 0 radical (unpaired) electrons. The minimum Gasteiger partial charge on any atom is -0.476 e. The third-order valence-electron chi connectivity index (χ3n) is 2.61. The Labute approximate surface area is 104 Å². The van der Waals surface area contributed by atoms with E-state index in [1.807, 2.05) is 13.8 Å². The van der Waals surface area contributed by atoms with Crippen molar-refractivity contribution in [1.29, 1.82) is 0 Å². The molecule has 0 saturated carbocycles. The second-order valence-corrected chi connectivity index (χ2v) is 3.89. The molecule has 0 unspecified atom stereocenters. The Balaban J connectivity index is 2.69. The maximum atomic E-state index is 11.1. The molecule has 0 aliphatic heterocycles. The van der Waals surface area contributed by atoms with Crippen molar-refractivity contribution in [2.75, 3.05) is 0 Å². The molecule has 2 aromatic heterocycles. The van der Waals surface area contributed by atoms with Crippen LogP contribution >= 0.6 is 0 Å². The van der Waals surface area contributed by atoms with Crippen molar-refractivity contribution in [3.8, 4) is 11.4 Å². The van der Waals surface area contributed by atoms with Crippen molar-refractivity contribution in [2.45, 2.75) is 20.8 Å². The molecule has 2 aromatic rings. The lowest BCUT2D eigenvalue weighted by Gasteiger charge is -2.08. The molecule has 18 heavy (non-hydrogen) atoms. The number of aromatic carboxylic acids is 1. The van der Waals surface area contributed by atoms with E-state index in [1.54, 1.807) is 6.92 Å². The number of carbonyl (C=O) groups is 1. The number of hydrogen-bond acceptors (Lipinski definition) is 5. The Kier molecular flexibility index (Phi) is 3.01. The first kappa shape index (κ1) is 12.1. The number of nitrogens with zero attached hydrogens (tertiary/aromatic N) is 4. The number of aryl methyl sites for hydroxylation is 3. The van der Waals surface area contributed by atoms with Gasteiger partial charge in [-0.1, -0.05) is 0 Å². The van der Waals surface area contributed by atoms with Crippen LogP contribution < -0.4 is 0 Å². The van der Waals surface area contributed by atoms with Crippen molar-refractivity contribution in [1.82, 2.24) is 19.9 Å². The summed E-state index contributed by atoms with van der Waals surface area (Å²) < 4.78 is 0. The van der Waals surface area contributed by atoms with Crippen LogP contribution in [-0.4, -0.2) is 31.0 Å². The molecular formula is C12H12N4O2. The summed E-state index contributed by atoms with van der Waals surface area (Å²) in [5, 5.41) is 9.09. The van der Waals surface area contributed by atoms with Crippen LogP contribution in [0, 0.1) is 20.8 Å². The molecule has 0 fully saturated rings. The molecule has 0 spiro atoms. The van der Waals surface area contributed by atoms with Gasteiger partial charge in [-0.25, -0.2) is 14.8 Å². The third kappa shape index (κ3) is 2.04. The summed E-state index contributed by atoms with van der Waals surface area (Å²) in [6, 6.07) is 0. The summed E-state index contributed by atoms with van der Waals surface area (Å²) in [6.45, 7) is 5.45. The molecule has 0 amide bonds. The molecular weight excluding hydrogens is 232 g/mol. The van der Waals surface area contributed by atoms with Crippen LogP contribution in [0.3, 0.4) is 0 Å². The Morgan fingerprint density at radius 1 is 0.944 bits per heavy atom. The van der Waals surface area contributed by atoms with Gasteiger partial charge in [0.2, 0.25) is 0 Å². The van der Waals surface area contributed by atoms with Gasteiger partial charge in [-0.2, -0.15) is 0 Å². The number of rotatable bonds is 2. The smallest absolute Gasteiger partial charge is 0.356 e. The van der Waals surface area contributed by atoms with Crippen molar-refractivity contribution in [2.24, 2.45) is 0 Å². The average molecular weight is 244 g/mol. The highest BCUT2D eigenvalue weighted by atomic mass is 16.4. The van der Waals surface area contributed by atoms with Crippen LogP contribution in [0.5, 0.6) is 0 Å². The van der Waals surface area contributed by atoms with Crippen molar-refractivity contribution >= 4 is 5.97 Å². The molecule has 0 saturated heterocycles. The molecule has 6 heteroatoms. The zero-order valence-corrected chi connectivity index (χ0v) is 10.3. The van der Waals surface area contributed by atoms with Gasteiger partial charge in [0.25, 0.3) is 0 Å². The van der Waals surface area contributed by atoms with E-state index in [9.17, 15) is 4.79 Å². The molecule has 92 valence electrons. The SMILES string of the molecule is Cc1nc(C)c(-c2nccnc2C(=O)O)nc1C. The normalized spacial score (nSPS) is 10.4. The van der Waals surface area contributed by atoms with Gasteiger partial charge in [0.15, 0.2) is 5.69 Å². The van der Waals surface area contributed by atoms with Gasteiger partial charge in [0.05, 0.1) is 17.1 Å². The lowest BCUT2D eigenvalue weighted by atomic mass is 10.1. The van der Waals surface area contributed by atoms with Crippen LogP contribution in [0.2, 0.25) is 0 Å². The number of hydrogen-bond donors (Lipinski definition) is 1. The van der Waals surface area contributed by atoms with E-state index < -0.39 is 5.97 Å². The Morgan fingerprint density at radius 3 is 2.22 bits per heavy atom. The van der Waals surface area contributed by atoms with Gasteiger partial charge < -0.3 is 5.11 Å². The zero-order chi connectivity index (χ0) is 13.3. The lowest BCUT2D eigenvalue weighted by Crippen LogP contribution is -2.08. The summed E-state index contributed by atoms with van der Waals surface area (Å²) in [7, 11) is 0. The Morgan fingerprint density at radius 2 is 1.56 bits per heavy atom. The molecule has 0 bridgehead atoms. The lowest BCUT2D eigenvalue weighted by molar-refractivity contribution is 0.0691. The molecule has 2 rings (SSSR count). The van der Waals surface area contributed by atoms with E-state index in [-0.39, 0.29) is 11.4 Å². The maximum Gasteiger partial charge on any atom is 0.356 e. The topological polar surface area (TPSA) is 88.9 Å². The van der Waals surface area contributed by atoms with Gasteiger partial charge in [-0.3, -0.25) is 9.97 Å². The predicted molar refractivity (Wildman–Crippen MR) is 64.2 cm³/mol. The van der Waals surface area contributed by atoms with Crippen LogP contribution in [-0.2, 0) is 0 Å². The molecule has 0 aliphatic carbocycles. The van der Waals surface area contributed by atoms with Crippen molar-refractivity contribution in [3.63, 3.8) is 0 Å². The molecule has 6 nitrogen and oxygen atoms in total. The highest BCUT2D eigenvalue weighted by Crippen LogP contribution is 2.21. The summed E-state index contributed by atoms with van der Waals surface area (Å²) >= 11 is 0. The average Bonchev–Trinajstić information content (AvgIpc) is 2.34. The summed E-state index contributed by atoms with van der Waals surface area (Å²) in [5.41, 5.74) is 2.80. The van der Waals surface area contributed by atoms with Gasteiger partial charge in [0.1, 0.15) is 11.4 Å².